The lowest BCUT2D eigenvalue weighted by Gasteiger charge is -2.34. The van der Waals surface area contributed by atoms with Crippen LogP contribution < -0.4 is 11.1 Å². The molecule has 1 aliphatic heterocycles. The fraction of sp³-hybridized carbons (Fsp3) is 0.588. The molecule has 0 unspecified atom stereocenters. The number of carbonyl (C=O) groups is 1. The molecule has 4 heteroatoms. The van der Waals surface area contributed by atoms with Crippen molar-refractivity contribution in [3.8, 4) is 0 Å². The van der Waals surface area contributed by atoms with Gasteiger partial charge < -0.3 is 15.8 Å². The Morgan fingerprint density at radius 1 is 1.29 bits per heavy atom. The molecule has 1 amide bonds. The zero-order valence-electron chi connectivity index (χ0n) is 13.1. The zero-order valence-corrected chi connectivity index (χ0v) is 13.1. The first-order valence-electron chi connectivity index (χ1n) is 7.70. The maximum Gasteiger partial charge on any atom is 0.227 e. The fourth-order valence-electron chi connectivity index (χ4n) is 3.02. The Morgan fingerprint density at radius 3 is 2.48 bits per heavy atom. The maximum atomic E-state index is 12.5. The van der Waals surface area contributed by atoms with Crippen molar-refractivity contribution in [3.05, 3.63) is 34.9 Å². The topological polar surface area (TPSA) is 64.4 Å². The molecular formula is C17H26N2O2. The molecule has 1 aromatic carbocycles. The van der Waals surface area contributed by atoms with Gasteiger partial charge in [-0.25, -0.2) is 0 Å². The highest BCUT2D eigenvalue weighted by atomic mass is 16.5. The number of hydrogen-bond donors (Lipinski definition) is 2. The van der Waals surface area contributed by atoms with E-state index in [2.05, 4.69) is 37.4 Å². The van der Waals surface area contributed by atoms with Crippen LogP contribution in [0.15, 0.2) is 18.2 Å². The first-order valence-corrected chi connectivity index (χ1v) is 7.70. The van der Waals surface area contributed by atoms with Crippen LogP contribution in [0.1, 0.15) is 29.5 Å². The molecule has 0 bridgehead atoms. The number of hydrogen-bond acceptors (Lipinski definition) is 3. The van der Waals surface area contributed by atoms with Crippen LogP contribution in [0, 0.1) is 19.3 Å². The summed E-state index contributed by atoms with van der Waals surface area (Å²) in [6, 6.07) is 6.30. The van der Waals surface area contributed by atoms with E-state index in [-0.39, 0.29) is 5.91 Å². The second-order valence-corrected chi connectivity index (χ2v) is 5.97. The average Bonchev–Trinajstić information content (AvgIpc) is 2.50. The summed E-state index contributed by atoms with van der Waals surface area (Å²) >= 11 is 0. The van der Waals surface area contributed by atoms with Crippen LogP contribution in [-0.4, -0.2) is 32.2 Å². The summed E-state index contributed by atoms with van der Waals surface area (Å²) < 4.78 is 5.35. The number of carbonyl (C=O) groups excluding carboxylic acids is 1. The molecule has 1 heterocycles. The molecule has 0 radical (unpaired) electrons. The van der Waals surface area contributed by atoms with Crippen LogP contribution in [0.4, 0.5) is 0 Å². The van der Waals surface area contributed by atoms with Gasteiger partial charge in [0.15, 0.2) is 0 Å². The Kier molecular flexibility index (Phi) is 5.37. The molecule has 0 spiro atoms. The van der Waals surface area contributed by atoms with Crippen molar-refractivity contribution in [3.63, 3.8) is 0 Å². The Labute approximate surface area is 127 Å². The van der Waals surface area contributed by atoms with Gasteiger partial charge in [-0.1, -0.05) is 18.2 Å². The molecule has 116 valence electrons. The van der Waals surface area contributed by atoms with Crippen LogP contribution in [0.3, 0.4) is 0 Å². The van der Waals surface area contributed by atoms with Crippen LogP contribution in [-0.2, 0) is 16.0 Å². The lowest BCUT2D eigenvalue weighted by Crippen LogP contribution is -2.49. The molecule has 1 aromatic rings. The summed E-state index contributed by atoms with van der Waals surface area (Å²) in [5.74, 6) is 0.0829. The average molecular weight is 290 g/mol. The van der Waals surface area contributed by atoms with Crippen molar-refractivity contribution in [2.24, 2.45) is 11.1 Å². The third-order valence-electron chi connectivity index (χ3n) is 4.63. The molecule has 1 fully saturated rings. The van der Waals surface area contributed by atoms with Crippen molar-refractivity contribution in [1.82, 2.24) is 5.32 Å². The van der Waals surface area contributed by atoms with E-state index >= 15 is 0 Å². The largest absolute Gasteiger partial charge is 0.381 e. The second kappa shape index (κ2) is 7.05. The minimum absolute atomic E-state index is 0.0829. The lowest BCUT2D eigenvalue weighted by molar-refractivity contribution is -0.135. The number of rotatable bonds is 5. The van der Waals surface area contributed by atoms with E-state index in [4.69, 9.17) is 10.5 Å². The quantitative estimate of drug-likeness (QED) is 0.868. The van der Waals surface area contributed by atoms with Gasteiger partial charge in [0.05, 0.1) is 5.41 Å². The lowest BCUT2D eigenvalue weighted by atomic mass is 9.79. The van der Waals surface area contributed by atoms with E-state index in [1.165, 1.54) is 16.7 Å². The van der Waals surface area contributed by atoms with Gasteiger partial charge >= 0.3 is 0 Å². The SMILES string of the molecule is Cc1cccc(C)c1CCNC(=O)C1(CN)CCOCC1. The first kappa shape index (κ1) is 16.0. The van der Waals surface area contributed by atoms with E-state index in [9.17, 15) is 4.79 Å². The van der Waals surface area contributed by atoms with Gasteiger partial charge in [0.1, 0.15) is 0 Å². The van der Waals surface area contributed by atoms with E-state index in [0.717, 1.165) is 19.3 Å². The number of ether oxygens (including phenoxy) is 1. The van der Waals surface area contributed by atoms with Gasteiger partial charge in [0.2, 0.25) is 5.91 Å². The zero-order chi connectivity index (χ0) is 15.3. The van der Waals surface area contributed by atoms with Crippen LogP contribution >= 0.6 is 0 Å². The van der Waals surface area contributed by atoms with Crippen molar-refractivity contribution in [2.45, 2.75) is 33.1 Å². The van der Waals surface area contributed by atoms with Gasteiger partial charge in [-0.3, -0.25) is 4.79 Å². The molecule has 1 saturated heterocycles. The summed E-state index contributed by atoms with van der Waals surface area (Å²) in [5.41, 5.74) is 9.31. The van der Waals surface area contributed by atoms with Gasteiger partial charge in [-0.15, -0.1) is 0 Å². The van der Waals surface area contributed by atoms with Gasteiger partial charge in [-0.2, -0.15) is 0 Å². The van der Waals surface area contributed by atoms with E-state index < -0.39 is 5.41 Å². The minimum atomic E-state index is -0.432. The van der Waals surface area contributed by atoms with Crippen LogP contribution in [0.25, 0.3) is 0 Å². The van der Waals surface area contributed by atoms with Gasteiger partial charge in [0.25, 0.3) is 0 Å². The first-order chi connectivity index (χ1) is 10.1. The Morgan fingerprint density at radius 2 is 1.90 bits per heavy atom. The number of benzene rings is 1. The second-order valence-electron chi connectivity index (χ2n) is 5.97. The van der Waals surface area contributed by atoms with Gasteiger partial charge in [0, 0.05) is 26.3 Å². The number of aryl methyl sites for hydroxylation is 2. The summed E-state index contributed by atoms with van der Waals surface area (Å²) in [6.45, 7) is 6.54. The van der Waals surface area contributed by atoms with Crippen LogP contribution in [0.5, 0.6) is 0 Å². The third-order valence-corrected chi connectivity index (χ3v) is 4.63. The Bertz CT molecular complexity index is 473. The number of nitrogens with one attached hydrogen (secondary N) is 1. The summed E-state index contributed by atoms with van der Waals surface area (Å²) in [7, 11) is 0. The Balaban J connectivity index is 1.92. The normalized spacial score (nSPS) is 17.5. The van der Waals surface area contributed by atoms with Crippen molar-refractivity contribution >= 4 is 5.91 Å². The van der Waals surface area contributed by atoms with Crippen LogP contribution in [0.2, 0.25) is 0 Å². The smallest absolute Gasteiger partial charge is 0.227 e. The standard InChI is InChI=1S/C17H26N2O2/c1-13-4-3-5-14(2)15(13)6-9-19-16(20)17(12-18)7-10-21-11-8-17/h3-5H,6-12,18H2,1-2H3,(H,19,20). The highest BCUT2D eigenvalue weighted by Crippen LogP contribution is 2.29. The molecule has 0 aliphatic carbocycles. The minimum Gasteiger partial charge on any atom is -0.381 e. The predicted octanol–water partition coefficient (Wildman–Crippen LogP) is 1.72. The molecule has 3 N–H and O–H groups in total. The molecular weight excluding hydrogens is 264 g/mol. The number of nitrogens with two attached hydrogens (primary N) is 1. The third kappa shape index (κ3) is 3.63. The molecule has 0 aromatic heterocycles. The summed E-state index contributed by atoms with van der Waals surface area (Å²) in [6.07, 6.45) is 2.30. The molecule has 1 aliphatic rings. The molecule has 0 saturated carbocycles. The highest BCUT2D eigenvalue weighted by molar-refractivity contribution is 5.83. The summed E-state index contributed by atoms with van der Waals surface area (Å²) in [4.78, 5) is 12.5. The van der Waals surface area contributed by atoms with Crippen molar-refractivity contribution in [1.29, 1.82) is 0 Å². The molecule has 0 atom stereocenters. The maximum absolute atomic E-state index is 12.5. The fourth-order valence-corrected chi connectivity index (χ4v) is 3.02. The summed E-state index contributed by atoms with van der Waals surface area (Å²) in [5, 5.41) is 3.07. The molecule has 21 heavy (non-hydrogen) atoms. The monoisotopic (exact) mass is 290 g/mol. The van der Waals surface area contributed by atoms with Gasteiger partial charge in [-0.05, 0) is 49.8 Å². The Hall–Kier alpha value is -1.39. The molecule has 4 nitrogen and oxygen atoms in total. The van der Waals surface area contributed by atoms with E-state index in [0.29, 0.717) is 26.3 Å². The van der Waals surface area contributed by atoms with Crippen molar-refractivity contribution in [2.75, 3.05) is 26.3 Å². The predicted molar refractivity (Wildman–Crippen MR) is 84.2 cm³/mol. The van der Waals surface area contributed by atoms with E-state index in [1.807, 2.05) is 0 Å². The molecule has 2 rings (SSSR count). The number of amides is 1. The van der Waals surface area contributed by atoms with E-state index in [1.54, 1.807) is 0 Å². The highest BCUT2D eigenvalue weighted by Gasteiger charge is 2.38. The van der Waals surface area contributed by atoms with Crippen molar-refractivity contribution < 1.29 is 9.53 Å².